The van der Waals surface area contributed by atoms with Gasteiger partial charge in [-0.2, -0.15) is 5.21 Å². The maximum Gasteiger partial charge on any atom is 0.577 e. The molecular formula is CH2BF2N4. The Morgan fingerprint density at radius 2 is 2.12 bits per heavy atom. The van der Waals surface area contributed by atoms with Crippen LogP contribution in [-0.2, 0) is 0 Å². The number of halogens is 2. The second-order valence-electron chi connectivity index (χ2n) is 0.643. The predicted molar refractivity (Wildman–Crippen MR) is 22.1 cm³/mol. The largest absolute Gasteiger partial charge is 0.577 e. The summed E-state index contributed by atoms with van der Waals surface area (Å²) in [5.41, 5.74) is 0. The van der Waals surface area contributed by atoms with Crippen LogP contribution >= 0.6 is 0 Å². The van der Waals surface area contributed by atoms with Crippen LogP contribution in [0.1, 0.15) is 0 Å². The molecule has 1 aromatic rings. The lowest BCUT2D eigenvalue weighted by molar-refractivity contribution is 0.712. The van der Waals surface area contributed by atoms with Gasteiger partial charge in [0.25, 0.3) is 0 Å². The van der Waals surface area contributed by atoms with Gasteiger partial charge in [0.1, 0.15) is 0 Å². The number of aromatic nitrogens is 4. The van der Waals surface area contributed by atoms with Crippen molar-refractivity contribution in [1.29, 1.82) is 0 Å². The molecule has 1 heterocycles. The quantitative estimate of drug-likeness (QED) is 0.475. The van der Waals surface area contributed by atoms with Crippen molar-refractivity contribution >= 4 is 7.83 Å². The number of hydrogen-bond donors (Lipinski definition) is 1. The lowest BCUT2D eigenvalue weighted by atomic mass is 10.6. The molecule has 0 unspecified atom stereocenters. The average Bonchev–Trinajstić information content (AvgIpc) is 2.17. The Morgan fingerprint density at radius 1 is 1.50 bits per heavy atom. The standard InChI is InChI=1S/CH2N4.BF2/c1-2-4-5-3-1;2-1-3/h1H,(H,2,3,4,5);. The Bertz CT molecular complexity index is 80.9. The van der Waals surface area contributed by atoms with Gasteiger partial charge in [0.05, 0.1) is 0 Å². The van der Waals surface area contributed by atoms with Crippen molar-refractivity contribution in [1.82, 2.24) is 20.6 Å². The van der Waals surface area contributed by atoms with Crippen LogP contribution in [0.25, 0.3) is 0 Å². The van der Waals surface area contributed by atoms with E-state index in [1.54, 1.807) is 0 Å². The fraction of sp³-hybridized carbons (Fsp3) is 0. The van der Waals surface area contributed by atoms with E-state index in [1.807, 2.05) is 0 Å². The summed E-state index contributed by atoms with van der Waals surface area (Å²) in [4.78, 5) is 0. The van der Waals surface area contributed by atoms with Crippen LogP contribution in [0.2, 0.25) is 0 Å². The van der Waals surface area contributed by atoms with Gasteiger partial charge in [0.15, 0.2) is 6.33 Å². The number of tetrazole rings is 1. The third kappa shape index (κ3) is 4.99. The molecule has 0 saturated heterocycles. The summed E-state index contributed by atoms with van der Waals surface area (Å²) in [5.74, 6) is 0. The maximum atomic E-state index is 9.50. The summed E-state index contributed by atoms with van der Waals surface area (Å²) in [6.07, 6.45) is 1.33. The molecule has 4 nitrogen and oxygen atoms in total. The van der Waals surface area contributed by atoms with E-state index in [4.69, 9.17) is 0 Å². The van der Waals surface area contributed by atoms with E-state index in [-0.39, 0.29) is 0 Å². The first-order valence-corrected chi connectivity index (χ1v) is 1.60. The molecule has 0 amide bonds. The summed E-state index contributed by atoms with van der Waals surface area (Å²) < 4.78 is 19.0. The molecule has 0 aliphatic carbocycles. The second kappa shape index (κ2) is 5.99. The molecule has 1 rings (SSSR count). The van der Waals surface area contributed by atoms with Gasteiger partial charge in [0, 0.05) is 0 Å². The van der Waals surface area contributed by atoms with E-state index >= 15 is 0 Å². The van der Waals surface area contributed by atoms with Crippen molar-refractivity contribution in [3.63, 3.8) is 0 Å². The third-order valence-corrected chi connectivity index (χ3v) is 0.270. The van der Waals surface area contributed by atoms with Crippen LogP contribution in [0, 0.1) is 0 Å². The van der Waals surface area contributed by atoms with Gasteiger partial charge in [-0.3, -0.25) is 8.63 Å². The Morgan fingerprint density at radius 3 is 2.25 bits per heavy atom. The van der Waals surface area contributed by atoms with Gasteiger partial charge < -0.3 is 0 Å². The Labute approximate surface area is 44.6 Å². The molecule has 43 valence electrons. The SMILES string of the molecule is F[B]F.c1nn[nH]n1. The predicted octanol–water partition coefficient (Wildman–Crippen LogP) is -0.341. The van der Waals surface area contributed by atoms with Gasteiger partial charge in [-0.25, -0.2) is 0 Å². The van der Waals surface area contributed by atoms with Gasteiger partial charge in [-0.05, 0) is 0 Å². The van der Waals surface area contributed by atoms with Crippen molar-refractivity contribution in [3.05, 3.63) is 6.33 Å². The van der Waals surface area contributed by atoms with E-state index in [2.05, 4.69) is 20.6 Å². The number of rotatable bonds is 0. The normalized spacial score (nSPS) is 6.75. The van der Waals surface area contributed by atoms with E-state index in [9.17, 15) is 8.63 Å². The fourth-order valence-electron chi connectivity index (χ4n) is 0.129. The smallest absolute Gasteiger partial charge is 0.289 e. The average molecular weight is 119 g/mol. The minimum absolute atomic E-state index is 1.00. The molecule has 7 heteroatoms. The van der Waals surface area contributed by atoms with Gasteiger partial charge in [-0.15, -0.1) is 10.2 Å². The summed E-state index contributed by atoms with van der Waals surface area (Å²) in [6, 6.07) is 0. The highest BCUT2D eigenvalue weighted by atomic mass is 19.2. The van der Waals surface area contributed by atoms with Crippen LogP contribution in [-0.4, -0.2) is 28.5 Å². The summed E-state index contributed by atoms with van der Waals surface area (Å²) in [7, 11) is -1.00. The first-order chi connectivity index (χ1) is 3.91. The zero-order valence-corrected chi connectivity index (χ0v) is 3.75. The number of nitrogens with one attached hydrogen (secondary N) is 1. The first kappa shape index (κ1) is 6.99. The molecule has 1 N–H and O–H groups in total. The lowest BCUT2D eigenvalue weighted by Gasteiger charge is -1.44. The number of nitrogens with zero attached hydrogens (tertiary/aromatic N) is 3. The van der Waals surface area contributed by atoms with Crippen LogP contribution in [0.3, 0.4) is 0 Å². The Balaban J connectivity index is 0.000000145. The molecule has 0 spiro atoms. The van der Waals surface area contributed by atoms with Crippen molar-refractivity contribution in [2.45, 2.75) is 0 Å². The van der Waals surface area contributed by atoms with Crippen molar-refractivity contribution < 1.29 is 8.63 Å². The van der Waals surface area contributed by atoms with E-state index < -0.39 is 7.83 Å². The van der Waals surface area contributed by atoms with E-state index in [0.29, 0.717) is 0 Å². The number of H-pyrrole nitrogens is 1. The lowest BCUT2D eigenvalue weighted by Crippen LogP contribution is -1.64. The van der Waals surface area contributed by atoms with Gasteiger partial charge in [-0.1, -0.05) is 5.21 Å². The molecule has 0 atom stereocenters. The maximum absolute atomic E-state index is 9.50. The molecule has 0 bridgehead atoms. The first-order valence-electron chi connectivity index (χ1n) is 1.60. The van der Waals surface area contributed by atoms with Gasteiger partial charge >= 0.3 is 7.83 Å². The molecule has 0 aliphatic heterocycles. The van der Waals surface area contributed by atoms with Crippen molar-refractivity contribution in [3.8, 4) is 0 Å². The zero-order chi connectivity index (χ0) is 6.24. The minimum atomic E-state index is -1.00. The minimum Gasteiger partial charge on any atom is -0.289 e. The fourth-order valence-corrected chi connectivity index (χ4v) is 0.129. The molecule has 0 aliphatic rings. The van der Waals surface area contributed by atoms with Crippen LogP contribution in [0.5, 0.6) is 0 Å². The third-order valence-electron chi connectivity index (χ3n) is 0.270. The highest BCUT2D eigenvalue weighted by Gasteiger charge is 1.62. The van der Waals surface area contributed by atoms with Crippen LogP contribution < -0.4 is 0 Å². The Kier molecular flexibility index (Phi) is 5.24. The summed E-state index contributed by atoms with van der Waals surface area (Å²) in [5, 5.41) is 12.2. The van der Waals surface area contributed by atoms with E-state index in [1.165, 1.54) is 6.33 Å². The van der Waals surface area contributed by atoms with E-state index in [0.717, 1.165) is 0 Å². The van der Waals surface area contributed by atoms with Crippen LogP contribution in [0.4, 0.5) is 8.63 Å². The zero-order valence-electron chi connectivity index (χ0n) is 3.75. The molecule has 0 fully saturated rings. The molecule has 0 saturated carbocycles. The highest BCUT2D eigenvalue weighted by Crippen LogP contribution is 1.49. The Hall–Kier alpha value is -1.01. The highest BCUT2D eigenvalue weighted by molar-refractivity contribution is 6.15. The monoisotopic (exact) mass is 119 g/mol. The topological polar surface area (TPSA) is 54.5 Å². The molecular weight excluding hydrogens is 117 g/mol. The van der Waals surface area contributed by atoms with Gasteiger partial charge in [0.2, 0.25) is 0 Å². The van der Waals surface area contributed by atoms with Crippen LogP contribution in [0.15, 0.2) is 6.33 Å². The molecule has 1 aromatic heterocycles. The van der Waals surface area contributed by atoms with Crippen molar-refractivity contribution in [2.24, 2.45) is 0 Å². The molecule has 0 aromatic carbocycles. The summed E-state index contributed by atoms with van der Waals surface area (Å²) >= 11 is 0. The summed E-state index contributed by atoms with van der Waals surface area (Å²) in [6.45, 7) is 0. The number of aromatic amines is 1. The second-order valence-corrected chi connectivity index (χ2v) is 0.643. The number of hydrogen-bond acceptors (Lipinski definition) is 3. The van der Waals surface area contributed by atoms with Crippen molar-refractivity contribution in [2.75, 3.05) is 0 Å². The molecule has 8 heavy (non-hydrogen) atoms. The molecule has 1 radical (unpaired) electrons.